The summed E-state index contributed by atoms with van der Waals surface area (Å²) < 4.78 is 5.12. The van der Waals surface area contributed by atoms with E-state index >= 15 is 0 Å². The van der Waals surface area contributed by atoms with Crippen molar-refractivity contribution in [3.05, 3.63) is 0 Å². The Morgan fingerprint density at radius 1 is 1.60 bits per heavy atom. The van der Waals surface area contributed by atoms with E-state index in [1.165, 1.54) is 14.2 Å². The smallest absolute Gasteiger partial charge is 0.373 e. The van der Waals surface area contributed by atoms with Crippen LogP contribution in [0, 0.1) is 11.3 Å². The van der Waals surface area contributed by atoms with Gasteiger partial charge in [0.05, 0.1) is 12.5 Å². The second kappa shape index (κ2) is 5.98. The second-order valence-corrected chi connectivity index (χ2v) is 3.22. The molecular formula is C9H15N3O3. The minimum absolute atomic E-state index is 0.0395. The Kier molecular flexibility index (Phi) is 5.34. The lowest BCUT2D eigenvalue weighted by Crippen LogP contribution is -2.34. The summed E-state index contributed by atoms with van der Waals surface area (Å²) in [6.07, 6.45) is -0.643. The molecule has 0 saturated heterocycles. The highest BCUT2D eigenvalue weighted by molar-refractivity contribution is 5.93. The van der Waals surface area contributed by atoms with E-state index in [2.05, 4.69) is 15.3 Å². The predicted octanol–water partition coefficient (Wildman–Crippen LogP) is 1.04. The zero-order valence-corrected chi connectivity index (χ0v) is 9.33. The maximum atomic E-state index is 10.8. The molecule has 0 aromatic rings. The Hall–Kier alpha value is -1.61. The van der Waals surface area contributed by atoms with Gasteiger partial charge in [0.2, 0.25) is 0 Å². The molecule has 0 bridgehead atoms. The fourth-order valence-corrected chi connectivity index (χ4v) is 0.690. The number of hydrogen-bond acceptors (Lipinski definition) is 5. The van der Waals surface area contributed by atoms with Gasteiger partial charge in [0.15, 0.2) is 0 Å². The van der Waals surface area contributed by atoms with Crippen LogP contribution >= 0.6 is 0 Å². The molecule has 0 heterocycles. The molecule has 6 heteroatoms. The highest BCUT2D eigenvalue weighted by Gasteiger charge is 2.25. The average molecular weight is 213 g/mol. The van der Waals surface area contributed by atoms with Crippen LogP contribution in [0.2, 0.25) is 0 Å². The lowest BCUT2D eigenvalue weighted by Gasteiger charge is -2.22. The number of nitriles is 1. The van der Waals surface area contributed by atoms with E-state index in [9.17, 15) is 4.79 Å². The summed E-state index contributed by atoms with van der Waals surface area (Å²) in [5, 5.41) is 14.4. The Bertz CT molecular complexity index is 291. The van der Waals surface area contributed by atoms with Crippen LogP contribution in [-0.2, 0) is 9.57 Å². The molecule has 0 aromatic carbocycles. The summed E-state index contributed by atoms with van der Waals surface area (Å²) in [6, 6.07) is 1.93. The first-order valence-corrected chi connectivity index (χ1v) is 4.36. The third-order valence-corrected chi connectivity index (χ3v) is 1.89. The van der Waals surface area contributed by atoms with Gasteiger partial charge in [-0.1, -0.05) is 5.16 Å². The van der Waals surface area contributed by atoms with Gasteiger partial charge < -0.3 is 10.1 Å². The molecule has 84 valence electrons. The van der Waals surface area contributed by atoms with Crippen LogP contribution in [-0.4, -0.2) is 31.6 Å². The van der Waals surface area contributed by atoms with Crippen molar-refractivity contribution in [2.45, 2.75) is 25.9 Å². The lowest BCUT2D eigenvalue weighted by molar-refractivity contribution is 0.0764. The monoisotopic (exact) mass is 213 g/mol. The van der Waals surface area contributed by atoms with Gasteiger partial charge in [-0.25, -0.2) is 4.79 Å². The predicted molar refractivity (Wildman–Crippen MR) is 54.3 cm³/mol. The van der Waals surface area contributed by atoms with Gasteiger partial charge in [-0.15, -0.1) is 0 Å². The summed E-state index contributed by atoms with van der Waals surface area (Å²) in [5.41, 5.74) is -0.375. The molecule has 0 rings (SSSR count). The summed E-state index contributed by atoms with van der Waals surface area (Å²) in [4.78, 5) is 15.3. The van der Waals surface area contributed by atoms with Crippen LogP contribution in [0.4, 0.5) is 4.79 Å². The van der Waals surface area contributed by atoms with E-state index < -0.39 is 11.7 Å². The van der Waals surface area contributed by atoms with Crippen LogP contribution in [0.5, 0.6) is 0 Å². The SMILES string of the molecule is CNC(=O)ON=C(CC#N)C(C)(C)OC. The van der Waals surface area contributed by atoms with E-state index in [4.69, 9.17) is 10.00 Å². The zero-order chi connectivity index (χ0) is 11.9. The van der Waals surface area contributed by atoms with E-state index in [1.54, 1.807) is 13.8 Å². The molecule has 0 aromatic heterocycles. The van der Waals surface area contributed by atoms with Crippen molar-refractivity contribution >= 4 is 11.8 Å². The second-order valence-electron chi connectivity index (χ2n) is 3.22. The molecular weight excluding hydrogens is 198 g/mol. The summed E-state index contributed by atoms with van der Waals surface area (Å²) in [6.45, 7) is 3.47. The number of carbonyl (C=O) groups is 1. The normalized spacial score (nSPS) is 11.8. The fraction of sp³-hybridized carbons (Fsp3) is 0.667. The Morgan fingerprint density at radius 3 is 2.60 bits per heavy atom. The standard InChI is InChI=1S/C9H15N3O3/c1-9(2,14-4)7(5-6-10)12-15-8(13)11-3/h5H2,1-4H3,(H,11,13). The highest BCUT2D eigenvalue weighted by atomic mass is 16.7. The number of oxime groups is 1. The highest BCUT2D eigenvalue weighted by Crippen LogP contribution is 2.13. The maximum absolute atomic E-state index is 10.8. The van der Waals surface area contributed by atoms with E-state index in [0.29, 0.717) is 5.71 Å². The Morgan fingerprint density at radius 2 is 2.20 bits per heavy atom. The van der Waals surface area contributed by atoms with Gasteiger partial charge in [-0.2, -0.15) is 5.26 Å². The quantitative estimate of drug-likeness (QED) is 0.429. The van der Waals surface area contributed by atoms with Gasteiger partial charge in [-0.05, 0) is 13.8 Å². The zero-order valence-electron chi connectivity index (χ0n) is 9.33. The molecule has 0 radical (unpaired) electrons. The molecule has 6 nitrogen and oxygen atoms in total. The Labute approximate surface area is 88.8 Å². The first-order valence-electron chi connectivity index (χ1n) is 4.36. The van der Waals surface area contributed by atoms with Crippen LogP contribution in [0.25, 0.3) is 0 Å². The molecule has 1 amide bonds. The van der Waals surface area contributed by atoms with E-state index in [1.807, 2.05) is 6.07 Å². The average Bonchev–Trinajstić information content (AvgIpc) is 2.23. The Balaban J connectivity index is 4.67. The topological polar surface area (TPSA) is 83.7 Å². The minimum Gasteiger partial charge on any atom is -0.373 e. The van der Waals surface area contributed by atoms with Crippen LogP contribution in [0.15, 0.2) is 5.16 Å². The van der Waals surface area contributed by atoms with Crippen LogP contribution in [0.1, 0.15) is 20.3 Å². The third-order valence-electron chi connectivity index (χ3n) is 1.89. The number of ether oxygens (including phenoxy) is 1. The molecule has 0 aliphatic heterocycles. The molecule has 0 fully saturated rings. The molecule has 0 unspecified atom stereocenters. The molecule has 0 aliphatic carbocycles. The molecule has 0 atom stereocenters. The first kappa shape index (κ1) is 13.4. The van der Waals surface area contributed by atoms with Gasteiger partial charge in [0.1, 0.15) is 11.3 Å². The van der Waals surface area contributed by atoms with Crippen LogP contribution in [0.3, 0.4) is 0 Å². The van der Waals surface area contributed by atoms with Crippen LogP contribution < -0.4 is 5.32 Å². The number of rotatable bonds is 4. The first-order chi connectivity index (χ1) is 6.97. The van der Waals surface area contributed by atoms with E-state index in [-0.39, 0.29) is 6.42 Å². The molecule has 15 heavy (non-hydrogen) atoms. The van der Waals surface area contributed by atoms with Crippen molar-refractivity contribution in [3.8, 4) is 6.07 Å². The van der Waals surface area contributed by atoms with E-state index in [0.717, 1.165) is 0 Å². The maximum Gasteiger partial charge on any atom is 0.433 e. The van der Waals surface area contributed by atoms with Gasteiger partial charge in [0, 0.05) is 14.2 Å². The van der Waals surface area contributed by atoms with Crippen molar-refractivity contribution in [2.75, 3.05) is 14.2 Å². The van der Waals surface area contributed by atoms with Crippen molar-refractivity contribution < 1.29 is 14.4 Å². The third kappa shape index (κ3) is 4.42. The van der Waals surface area contributed by atoms with Crippen molar-refractivity contribution in [2.24, 2.45) is 5.16 Å². The lowest BCUT2D eigenvalue weighted by atomic mass is 10.0. The van der Waals surface area contributed by atoms with Gasteiger partial charge >= 0.3 is 6.09 Å². The molecule has 0 spiro atoms. The largest absolute Gasteiger partial charge is 0.433 e. The van der Waals surface area contributed by atoms with Gasteiger partial charge in [0.25, 0.3) is 0 Å². The minimum atomic E-state index is -0.732. The molecule has 0 saturated carbocycles. The number of amides is 1. The van der Waals surface area contributed by atoms with Crippen molar-refractivity contribution in [1.82, 2.24) is 5.32 Å². The number of carbonyl (C=O) groups excluding carboxylic acids is 1. The van der Waals surface area contributed by atoms with Crippen molar-refractivity contribution in [3.63, 3.8) is 0 Å². The van der Waals surface area contributed by atoms with Gasteiger partial charge in [-0.3, -0.25) is 4.84 Å². The number of hydrogen-bond donors (Lipinski definition) is 1. The molecule has 0 aliphatic rings. The number of nitrogens with zero attached hydrogens (tertiary/aromatic N) is 2. The summed E-state index contributed by atoms with van der Waals surface area (Å²) in [7, 11) is 2.91. The fourth-order valence-electron chi connectivity index (χ4n) is 0.690. The molecule has 1 N–H and O–H groups in total. The summed E-state index contributed by atoms with van der Waals surface area (Å²) in [5.74, 6) is 0. The van der Waals surface area contributed by atoms with Crippen molar-refractivity contribution in [1.29, 1.82) is 5.26 Å². The number of methoxy groups -OCH3 is 1. The summed E-state index contributed by atoms with van der Waals surface area (Å²) >= 11 is 0. The number of nitrogens with one attached hydrogen (secondary N) is 1.